The van der Waals surface area contributed by atoms with E-state index in [1.54, 1.807) is 6.20 Å². The Morgan fingerprint density at radius 3 is 2.83 bits per heavy atom. The van der Waals surface area contributed by atoms with Crippen LogP contribution in [0.4, 0.5) is 5.69 Å². The lowest BCUT2D eigenvalue weighted by Gasteiger charge is -2.22. The van der Waals surface area contributed by atoms with E-state index in [0.29, 0.717) is 18.7 Å². The van der Waals surface area contributed by atoms with E-state index in [9.17, 15) is 4.79 Å². The van der Waals surface area contributed by atoms with Crippen LogP contribution >= 0.6 is 0 Å². The van der Waals surface area contributed by atoms with Crippen LogP contribution < -0.4 is 11.1 Å². The summed E-state index contributed by atoms with van der Waals surface area (Å²) in [5.41, 5.74) is 8.58. The van der Waals surface area contributed by atoms with Gasteiger partial charge in [-0.2, -0.15) is 0 Å². The number of benzene rings is 1. The predicted octanol–water partition coefficient (Wildman–Crippen LogP) is 2.85. The zero-order valence-corrected chi connectivity index (χ0v) is 13.9. The van der Waals surface area contributed by atoms with E-state index in [4.69, 9.17) is 20.3 Å². The number of carboxylic acid groups (broad SMARTS) is 1. The van der Waals surface area contributed by atoms with Crippen LogP contribution in [0.1, 0.15) is 37.7 Å². The van der Waals surface area contributed by atoms with E-state index in [1.807, 2.05) is 24.3 Å². The van der Waals surface area contributed by atoms with Gasteiger partial charge < -0.3 is 25.6 Å². The Bertz CT molecular complexity index is 536. The molecule has 0 aliphatic carbocycles. The summed E-state index contributed by atoms with van der Waals surface area (Å²) in [4.78, 5) is 10.5. The normalized spacial score (nSPS) is 18.3. The smallest absolute Gasteiger partial charge is 0.303 e. The van der Waals surface area contributed by atoms with Crippen molar-refractivity contribution in [2.75, 3.05) is 18.5 Å². The molecule has 1 aliphatic rings. The number of nitrogens with two attached hydrogens (primary N) is 1. The first kappa shape index (κ1) is 18.3. The van der Waals surface area contributed by atoms with E-state index in [-0.39, 0.29) is 12.7 Å². The van der Waals surface area contributed by atoms with Crippen molar-refractivity contribution in [1.82, 2.24) is 0 Å². The lowest BCUT2D eigenvalue weighted by molar-refractivity contribution is -0.157. The number of carboxylic acids is 1. The molecule has 0 amide bonds. The number of nitrogens with one attached hydrogen (secondary N) is 1. The number of hydrogen-bond acceptors (Lipinski definition) is 5. The minimum Gasteiger partial charge on any atom is -0.481 e. The minimum atomic E-state index is -0.755. The zero-order valence-electron chi connectivity index (χ0n) is 13.9. The van der Waals surface area contributed by atoms with Crippen LogP contribution in [0.15, 0.2) is 36.2 Å². The summed E-state index contributed by atoms with van der Waals surface area (Å²) in [6.45, 7) is 1.09. The molecule has 1 aromatic carbocycles. The molecular formula is C18H26N2O4. The lowest BCUT2D eigenvalue weighted by Crippen LogP contribution is -2.24. The largest absolute Gasteiger partial charge is 0.481 e. The Balaban J connectivity index is 1.70. The maximum atomic E-state index is 10.5. The van der Waals surface area contributed by atoms with E-state index >= 15 is 0 Å². The molecule has 0 bridgehead atoms. The topological polar surface area (TPSA) is 93.8 Å². The monoisotopic (exact) mass is 334 g/mol. The van der Waals surface area contributed by atoms with Crippen molar-refractivity contribution in [3.05, 3.63) is 41.7 Å². The average molecular weight is 334 g/mol. The molecular weight excluding hydrogens is 308 g/mol. The Morgan fingerprint density at radius 1 is 1.38 bits per heavy atom. The van der Waals surface area contributed by atoms with Gasteiger partial charge >= 0.3 is 5.97 Å². The molecule has 24 heavy (non-hydrogen) atoms. The lowest BCUT2D eigenvalue weighted by atomic mass is 10.1. The van der Waals surface area contributed by atoms with Gasteiger partial charge in [-0.15, -0.1) is 0 Å². The van der Waals surface area contributed by atoms with Crippen LogP contribution in [0.25, 0.3) is 0 Å². The number of hydrogen-bond donors (Lipinski definition) is 3. The second-order valence-electron chi connectivity index (χ2n) is 5.91. The molecule has 4 N–H and O–H groups in total. The Kier molecular flexibility index (Phi) is 7.58. The van der Waals surface area contributed by atoms with Crippen LogP contribution in [0.2, 0.25) is 0 Å². The molecule has 0 spiro atoms. The third-order valence-corrected chi connectivity index (χ3v) is 3.81. The molecule has 1 heterocycles. The van der Waals surface area contributed by atoms with Crippen molar-refractivity contribution < 1.29 is 19.4 Å². The number of carbonyl (C=O) groups is 1. The summed E-state index contributed by atoms with van der Waals surface area (Å²) in [5, 5.41) is 11.8. The average Bonchev–Trinajstić information content (AvgIpc) is 2.60. The van der Waals surface area contributed by atoms with Crippen molar-refractivity contribution in [2.24, 2.45) is 5.73 Å². The Morgan fingerprint density at radius 2 is 2.17 bits per heavy atom. The van der Waals surface area contributed by atoms with Crippen molar-refractivity contribution in [3.8, 4) is 0 Å². The number of ether oxygens (including phenoxy) is 2. The number of aryl methyl sites for hydroxylation is 1. The van der Waals surface area contributed by atoms with Gasteiger partial charge in [0.25, 0.3) is 0 Å². The van der Waals surface area contributed by atoms with Gasteiger partial charge in [-0.25, -0.2) is 0 Å². The van der Waals surface area contributed by atoms with Gasteiger partial charge in [-0.05, 0) is 49.8 Å². The first-order valence-corrected chi connectivity index (χ1v) is 8.38. The fourth-order valence-electron chi connectivity index (χ4n) is 2.46. The fourth-order valence-corrected chi connectivity index (χ4v) is 2.46. The second-order valence-corrected chi connectivity index (χ2v) is 5.91. The number of rotatable bonds is 9. The highest BCUT2D eigenvalue weighted by molar-refractivity contribution is 5.66. The SMILES string of the molecule is N/C(=C\Nc1ccc(CCCC(=O)O)cc1)COC1CCCCO1. The second kappa shape index (κ2) is 9.95. The molecule has 1 fully saturated rings. The number of aliphatic carboxylic acids is 1. The predicted molar refractivity (Wildman–Crippen MR) is 92.5 cm³/mol. The molecule has 1 saturated heterocycles. The van der Waals surface area contributed by atoms with Gasteiger partial charge in [0.1, 0.15) is 0 Å². The van der Waals surface area contributed by atoms with Crippen LogP contribution in [-0.2, 0) is 20.7 Å². The number of anilines is 1. The molecule has 6 heteroatoms. The first-order valence-electron chi connectivity index (χ1n) is 8.38. The molecule has 1 aromatic rings. The molecule has 0 aromatic heterocycles. The van der Waals surface area contributed by atoms with Crippen LogP contribution in [-0.4, -0.2) is 30.6 Å². The molecule has 0 saturated carbocycles. The standard InChI is InChI=1S/C18H26N2O4/c19-15(13-24-18-6-1-2-11-23-18)12-20-16-9-7-14(8-10-16)4-3-5-17(21)22/h7-10,12,18,20H,1-6,11,13,19H2,(H,21,22)/b15-12-. The minimum absolute atomic E-state index is 0.143. The van der Waals surface area contributed by atoms with E-state index < -0.39 is 5.97 Å². The molecule has 1 aliphatic heterocycles. The molecule has 6 nitrogen and oxygen atoms in total. The Labute approximate surface area is 142 Å². The van der Waals surface area contributed by atoms with Crippen LogP contribution in [0.5, 0.6) is 0 Å². The zero-order chi connectivity index (χ0) is 17.2. The highest BCUT2D eigenvalue weighted by Gasteiger charge is 2.13. The van der Waals surface area contributed by atoms with Gasteiger partial charge in [-0.3, -0.25) is 4.79 Å². The summed E-state index contributed by atoms with van der Waals surface area (Å²) in [7, 11) is 0. The maximum Gasteiger partial charge on any atom is 0.303 e. The summed E-state index contributed by atoms with van der Waals surface area (Å²) in [6.07, 6.45) is 6.34. The van der Waals surface area contributed by atoms with Crippen molar-refractivity contribution in [2.45, 2.75) is 44.8 Å². The molecule has 132 valence electrons. The molecule has 2 rings (SSSR count). The van der Waals surface area contributed by atoms with E-state index in [0.717, 1.165) is 43.5 Å². The highest BCUT2D eigenvalue weighted by atomic mass is 16.7. The third kappa shape index (κ3) is 7.02. The summed E-state index contributed by atoms with van der Waals surface area (Å²) in [5.74, 6) is -0.755. The van der Waals surface area contributed by atoms with Crippen LogP contribution in [0, 0.1) is 0 Å². The highest BCUT2D eigenvalue weighted by Crippen LogP contribution is 2.14. The maximum absolute atomic E-state index is 10.5. The van der Waals surface area contributed by atoms with Crippen LogP contribution in [0.3, 0.4) is 0 Å². The summed E-state index contributed by atoms with van der Waals surface area (Å²) in [6, 6.07) is 7.87. The quantitative estimate of drug-likeness (QED) is 0.643. The fraction of sp³-hybridized carbons (Fsp3) is 0.500. The van der Waals surface area contributed by atoms with Gasteiger partial charge in [0.05, 0.1) is 12.3 Å². The molecule has 1 unspecified atom stereocenters. The summed E-state index contributed by atoms with van der Waals surface area (Å²) < 4.78 is 11.1. The van der Waals surface area contributed by atoms with Crippen molar-refractivity contribution in [3.63, 3.8) is 0 Å². The van der Waals surface area contributed by atoms with E-state index in [2.05, 4.69) is 5.32 Å². The third-order valence-electron chi connectivity index (χ3n) is 3.81. The van der Waals surface area contributed by atoms with Crippen molar-refractivity contribution >= 4 is 11.7 Å². The van der Waals surface area contributed by atoms with Gasteiger partial charge in [-0.1, -0.05) is 12.1 Å². The molecule has 1 atom stereocenters. The van der Waals surface area contributed by atoms with Gasteiger partial charge in [0, 0.05) is 24.9 Å². The van der Waals surface area contributed by atoms with Gasteiger partial charge in [0.15, 0.2) is 6.29 Å². The summed E-state index contributed by atoms with van der Waals surface area (Å²) >= 11 is 0. The van der Waals surface area contributed by atoms with Gasteiger partial charge in [0.2, 0.25) is 0 Å². The molecule has 0 radical (unpaired) electrons. The van der Waals surface area contributed by atoms with Crippen molar-refractivity contribution in [1.29, 1.82) is 0 Å². The van der Waals surface area contributed by atoms with E-state index in [1.165, 1.54) is 0 Å². The Hall–Kier alpha value is -2.05. The first-order chi connectivity index (χ1) is 11.6.